The fraction of sp³-hybridized carbons (Fsp3) is 0.538. The van der Waals surface area contributed by atoms with E-state index in [9.17, 15) is 12.8 Å². The van der Waals surface area contributed by atoms with Crippen LogP contribution in [0.5, 0.6) is 0 Å². The van der Waals surface area contributed by atoms with Gasteiger partial charge in [0, 0.05) is 31.4 Å². The van der Waals surface area contributed by atoms with Crippen LogP contribution >= 0.6 is 0 Å². The fourth-order valence-corrected chi connectivity index (χ4v) is 4.00. The van der Waals surface area contributed by atoms with Crippen molar-refractivity contribution in [3.05, 3.63) is 24.0 Å². The van der Waals surface area contributed by atoms with Crippen molar-refractivity contribution in [2.75, 3.05) is 32.4 Å². The maximum atomic E-state index is 13.8. The second-order valence-electron chi connectivity index (χ2n) is 5.10. The lowest BCUT2D eigenvalue weighted by Crippen LogP contribution is -2.52. The molecule has 1 saturated heterocycles. The van der Waals surface area contributed by atoms with Gasteiger partial charge in [0.2, 0.25) is 10.0 Å². The molecule has 1 aromatic rings. The van der Waals surface area contributed by atoms with Crippen LogP contribution in [0.4, 0.5) is 10.1 Å². The Balaban J connectivity index is 2.33. The zero-order valence-electron chi connectivity index (χ0n) is 11.7. The molecule has 0 saturated carbocycles. The first-order chi connectivity index (χ1) is 9.36. The molecule has 1 unspecified atom stereocenters. The van der Waals surface area contributed by atoms with E-state index >= 15 is 0 Å². The van der Waals surface area contributed by atoms with E-state index in [0.29, 0.717) is 19.6 Å². The molecular weight excluding hydrogens is 281 g/mol. The first-order valence-corrected chi connectivity index (χ1v) is 8.05. The number of hydrogen-bond donors (Lipinski definition) is 1. The molecule has 1 aliphatic heterocycles. The maximum absolute atomic E-state index is 13.8. The van der Waals surface area contributed by atoms with E-state index in [0.717, 1.165) is 12.5 Å². The van der Waals surface area contributed by atoms with E-state index in [1.165, 1.54) is 16.4 Å². The van der Waals surface area contributed by atoms with E-state index in [1.54, 1.807) is 0 Å². The van der Waals surface area contributed by atoms with Gasteiger partial charge in [-0.25, -0.2) is 12.8 Å². The van der Waals surface area contributed by atoms with Crippen LogP contribution in [0.3, 0.4) is 0 Å². The number of hydrogen-bond acceptors (Lipinski definition) is 4. The molecule has 7 heteroatoms. The highest BCUT2D eigenvalue weighted by Crippen LogP contribution is 2.24. The van der Waals surface area contributed by atoms with Crippen molar-refractivity contribution in [2.45, 2.75) is 24.3 Å². The Hall–Kier alpha value is -1.18. The van der Waals surface area contributed by atoms with Gasteiger partial charge < -0.3 is 10.6 Å². The minimum Gasteiger partial charge on any atom is -0.399 e. The SMILES string of the molecule is CCC1CN(S(=O)(=O)c2cc(N)ccc2F)CCN1C. The van der Waals surface area contributed by atoms with Crippen molar-refractivity contribution in [3.8, 4) is 0 Å². The molecule has 2 N–H and O–H groups in total. The number of nitrogens with two attached hydrogens (primary N) is 1. The number of rotatable bonds is 3. The number of nitrogens with zero attached hydrogens (tertiary/aromatic N) is 2. The Morgan fingerprint density at radius 1 is 1.40 bits per heavy atom. The van der Waals surface area contributed by atoms with Crippen LogP contribution in [0.2, 0.25) is 0 Å². The molecule has 1 aliphatic rings. The van der Waals surface area contributed by atoms with Crippen molar-refractivity contribution in [3.63, 3.8) is 0 Å². The summed E-state index contributed by atoms with van der Waals surface area (Å²) in [5, 5.41) is 0. The van der Waals surface area contributed by atoms with E-state index < -0.39 is 15.8 Å². The van der Waals surface area contributed by atoms with Crippen molar-refractivity contribution in [1.29, 1.82) is 0 Å². The van der Waals surface area contributed by atoms with E-state index in [1.807, 2.05) is 14.0 Å². The van der Waals surface area contributed by atoms with Gasteiger partial charge in [0.15, 0.2) is 0 Å². The Bertz CT molecular complexity index is 591. The fourth-order valence-electron chi connectivity index (χ4n) is 2.43. The lowest BCUT2D eigenvalue weighted by Gasteiger charge is -2.38. The number of anilines is 1. The quantitative estimate of drug-likeness (QED) is 0.850. The molecule has 112 valence electrons. The van der Waals surface area contributed by atoms with Gasteiger partial charge in [0.1, 0.15) is 10.7 Å². The van der Waals surface area contributed by atoms with Crippen LogP contribution < -0.4 is 5.73 Å². The number of benzene rings is 1. The summed E-state index contributed by atoms with van der Waals surface area (Å²) in [5.74, 6) is -0.758. The first kappa shape index (κ1) is 15.2. The summed E-state index contributed by atoms with van der Waals surface area (Å²) >= 11 is 0. The summed E-state index contributed by atoms with van der Waals surface area (Å²) in [5.41, 5.74) is 5.81. The first-order valence-electron chi connectivity index (χ1n) is 6.61. The van der Waals surface area contributed by atoms with Crippen LogP contribution in [0.15, 0.2) is 23.1 Å². The van der Waals surface area contributed by atoms with E-state index in [-0.39, 0.29) is 16.6 Å². The second kappa shape index (κ2) is 5.67. The summed E-state index contributed by atoms with van der Waals surface area (Å²) < 4.78 is 40.2. The van der Waals surface area contributed by atoms with Gasteiger partial charge in [-0.05, 0) is 31.7 Å². The highest BCUT2D eigenvalue weighted by molar-refractivity contribution is 7.89. The number of sulfonamides is 1. The van der Waals surface area contributed by atoms with Crippen molar-refractivity contribution in [1.82, 2.24) is 9.21 Å². The highest BCUT2D eigenvalue weighted by atomic mass is 32.2. The Morgan fingerprint density at radius 2 is 2.10 bits per heavy atom. The molecule has 0 aliphatic carbocycles. The predicted molar refractivity (Wildman–Crippen MR) is 76.3 cm³/mol. The molecule has 2 rings (SSSR count). The van der Waals surface area contributed by atoms with Crippen LogP contribution in [0, 0.1) is 5.82 Å². The normalized spacial score (nSPS) is 22.1. The van der Waals surface area contributed by atoms with Gasteiger partial charge in [-0.2, -0.15) is 4.31 Å². The second-order valence-corrected chi connectivity index (χ2v) is 7.00. The molecule has 0 radical (unpaired) electrons. The zero-order valence-corrected chi connectivity index (χ0v) is 12.5. The topological polar surface area (TPSA) is 66.6 Å². The van der Waals surface area contributed by atoms with E-state index in [2.05, 4.69) is 4.90 Å². The number of piperazine rings is 1. The van der Waals surface area contributed by atoms with Crippen molar-refractivity contribution in [2.24, 2.45) is 0 Å². The lowest BCUT2D eigenvalue weighted by atomic mass is 10.1. The van der Waals surface area contributed by atoms with Crippen LogP contribution in [-0.4, -0.2) is 50.3 Å². The minimum absolute atomic E-state index is 0.155. The third-order valence-corrected chi connectivity index (χ3v) is 5.66. The number of halogens is 1. The molecule has 0 spiro atoms. The Morgan fingerprint density at radius 3 is 2.75 bits per heavy atom. The number of likely N-dealkylation sites (N-methyl/N-ethyl adjacent to an activating group) is 1. The van der Waals surface area contributed by atoms with Gasteiger partial charge in [-0.15, -0.1) is 0 Å². The smallest absolute Gasteiger partial charge is 0.246 e. The molecule has 0 aromatic heterocycles. The van der Waals surface area contributed by atoms with Crippen LogP contribution in [0.1, 0.15) is 13.3 Å². The highest BCUT2D eigenvalue weighted by Gasteiger charge is 2.33. The molecular formula is C13H20FN3O2S. The third kappa shape index (κ3) is 2.79. The van der Waals surface area contributed by atoms with Gasteiger partial charge in [0.05, 0.1) is 0 Å². The molecule has 20 heavy (non-hydrogen) atoms. The molecule has 1 fully saturated rings. The summed E-state index contributed by atoms with van der Waals surface area (Å²) in [6.07, 6.45) is 0.849. The maximum Gasteiger partial charge on any atom is 0.246 e. The molecule has 0 bridgehead atoms. The summed E-state index contributed by atoms with van der Waals surface area (Å²) in [6.45, 7) is 3.40. The van der Waals surface area contributed by atoms with Gasteiger partial charge in [-0.3, -0.25) is 0 Å². The average molecular weight is 301 g/mol. The monoisotopic (exact) mass is 301 g/mol. The average Bonchev–Trinajstić information content (AvgIpc) is 2.41. The molecule has 1 atom stereocenters. The molecule has 1 heterocycles. The summed E-state index contributed by atoms with van der Waals surface area (Å²) in [7, 11) is -1.86. The van der Waals surface area contributed by atoms with Crippen molar-refractivity contribution >= 4 is 15.7 Å². The number of nitrogen functional groups attached to an aromatic ring is 1. The summed E-state index contributed by atoms with van der Waals surface area (Å²) in [6, 6.07) is 3.79. The van der Waals surface area contributed by atoms with Crippen LogP contribution in [0.25, 0.3) is 0 Å². The van der Waals surface area contributed by atoms with Gasteiger partial charge in [0.25, 0.3) is 0 Å². The largest absolute Gasteiger partial charge is 0.399 e. The van der Waals surface area contributed by atoms with Crippen molar-refractivity contribution < 1.29 is 12.8 Å². The zero-order chi connectivity index (χ0) is 14.9. The minimum atomic E-state index is -3.83. The third-order valence-electron chi connectivity index (χ3n) is 3.78. The predicted octanol–water partition coefficient (Wildman–Crippen LogP) is 1.12. The molecule has 5 nitrogen and oxygen atoms in total. The summed E-state index contributed by atoms with van der Waals surface area (Å²) in [4.78, 5) is 1.79. The molecule has 0 amide bonds. The Kier molecular flexibility index (Phi) is 4.31. The van der Waals surface area contributed by atoms with Gasteiger partial charge >= 0.3 is 0 Å². The Labute approximate surface area is 119 Å². The van der Waals surface area contributed by atoms with E-state index in [4.69, 9.17) is 5.73 Å². The lowest BCUT2D eigenvalue weighted by molar-refractivity contribution is 0.144. The van der Waals surface area contributed by atoms with Gasteiger partial charge in [-0.1, -0.05) is 6.92 Å². The van der Waals surface area contributed by atoms with Crippen LogP contribution in [-0.2, 0) is 10.0 Å². The molecule has 1 aromatic carbocycles. The standard InChI is InChI=1S/C13H20FN3O2S/c1-3-11-9-17(7-6-16(11)2)20(18,19)13-8-10(15)4-5-12(13)14/h4-5,8,11H,3,6-7,9,15H2,1-2H3.